The van der Waals surface area contributed by atoms with Crippen molar-refractivity contribution in [2.45, 2.75) is 24.9 Å². The van der Waals surface area contributed by atoms with Gasteiger partial charge in [0.2, 0.25) is 5.78 Å². The highest BCUT2D eigenvalue weighted by atomic mass is 19.1. The first kappa shape index (κ1) is 30.3. The summed E-state index contributed by atoms with van der Waals surface area (Å²) in [5.74, 6) is -8.77. The van der Waals surface area contributed by atoms with Crippen LogP contribution in [0.2, 0.25) is 0 Å². The lowest BCUT2D eigenvalue weighted by Crippen LogP contribution is -2.58. The first-order valence-electron chi connectivity index (χ1n) is 13.2. The molecule has 232 valence electrons. The summed E-state index contributed by atoms with van der Waals surface area (Å²) in [7, 11) is 3.31. The number of phenolic OH excluding ortho intramolecular Hbond substituents is 1. The van der Waals surface area contributed by atoms with Crippen LogP contribution in [-0.2, 0) is 20.8 Å². The Balaban J connectivity index is 1.57. The Morgan fingerprint density at radius 3 is 2.34 bits per heavy atom. The molecule has 0 aromatic heterocycles. The summed E-state index contributed by atoms with van der Waals surface area (Å²) in [5, 5.41) is 67.4. The first-order chi connectivity index (χ1) is 20.6. The van der Waals surface area contributed by atoms with Crippen molar-refractivity contribution in [1.29, 1.82) is 0 Å². The quantitative estimate of drug-likeness (QED) is 0.133. The molecule has 3 atom stereocenters. The molecular weight excluding hydrogens is 585 g/mol. The van der Waals surface area contributed by atoms with Crippen molar-refractivity contribution < 1.29 is 54.4 Å². The van der Waals surface area contributed by atoms with Gasteiger partial charge in [-0.25, -0.2) is 9.18 Å². The number of amides is 3. The Bertz CT molecular complexity index is 1720. The SMILES string of the molecule is CN(C)c1cc(NC(=O)Nc2ccc(F)c(N(O)O)c2)c(O)c2c1C[C@H]1C[C@H]3CC(=O)C(C(N)=O)=C(O)[C@@]3(O)C(=O)C1=C2O. The second-order valence-electron chi connectivity index (χ2n) is 11.0. The molecular formula is C28H28FN5O10. The molecule has 0 unspecified atom stereocenters. The van der Waals surface area contributed by atoms with Gasteiger partial charge in [0.1, 0.15) is 22.8 Å². The fourth-order valence-corrected chi connectivity index (χ4v) is 6.19. The third-order valence-corrected chi connectivity index (χ3v) is 8.19. The van der Waals surface area contributed by atoms with Gasteiger partial charge in [-0.2, -0.15) is 0 Å². The number of halogens is 1. The fourth-order valence-electron chi connectivity index (χ4n) is 6.19. The number of nitrogens with zero attached hydrogens (tertiary/aromatic N) is 2. The van der Waals surface area contributed by atoms with Crippen molar-refractivity contribution >= 4 is 52.0 Å². The molecule has 0 bridgehead atoms. The van der Waals surface area contributed by atoms with E-state index in [1.54, 1.807) is 19.0 Å². The van der Waals surface area contributed by atoms with Crippen molar-refractivity contribution in [3.8, 4) is 5.75 Å². The largest absolute Gasteiger partial charge is 0.508 e. The Kier molecular flexibility index (Phi) is 7.23. The van der Waals surface area contributed by atoms with E-state index in [1.165, 1.54) is 6.07 Å². The van der Waals surface area contributed by atoms with Crippen LogP contribution in [0.5, 0.6) is 5.75 Å². The topological polar surface area (TPSA) is 246 Å². The normalized spacial score (nSPS) is 22.6. The maximum Gasteiger partial charge on any atom is 0.323 e. The summed E-state index contributed by atoms with van der Waals surface area (Å²) in [5.41, 5.74) is 0.860. The van der Waals surface area contributed by atoms with Crippen molar-refractivity contribution in [3.63, 3.8) is 0 Å². The summed E-state index contributed by atoms with van der Waals surface area (Å²) >= 11 is 0. The maximum atomic E-state index is 13.8. The van der Waals surface area contributed by atoms with Gasteiger partial charge in [0.15, 0.2) is 23.0 Å². The van der Waals surface area contributed by atoms with Gasteiger partial charge in [-0.3, -0.25) is 24.8 Å². The van der Waals surface area contributed by atoms with Gasteiger partial charge in [0, 0.05) is 43.4 Å². The van der Waals surface area contributed by atoms with Crippen molar-refractivity contribution in [3.05, 3.63) is 58.1 Å². The number of ketones is 2. The number of rotatable bonds is 5. The van der Waals surface area contributed by atoms with E-state index in [0.29, 0.717) is 11.3 Å². The van der Waals surface area contributed by atoms with Crippen LogP contribution < -0.4 is 26.5 Å². The summed E-state index contributed by atoms with van der Waals surface area (Å²) < 4.78 is 13.8. The van der Waals surface area contributed by atoms with Gasteiger partial charge in [-0.1, -0.05) is 0 Å². The number of hydrogen-bond donors (Lipinski definition) is 9. The Morgan fingerprint density at radius 2 is 1.73 bits per heavy atom. The standard InChI is InChI=1S/C28H28FN5O10/c1-33(2)16-9-15(32-27(41)31-12-3-4-14(29)17(8-12)34(43)44)22(36)20-13(16)6-10-5-11-7-18(35)21(26(30)40)25(39)28(11,42)24(38)19(10)23(20)37/h3-4,8-11,36-37,39,42-44H,5-7H2,1-2H3,(H2,30,40)(H2,31,32,41)/t10-,11+,28+/m1/s1. The fraction of sp³-hybridized carbons (Fsp3) is 0.286. The molecule has 0 aliphatic heterocycles. The molecule has 15 nitrogen and oxygen atoms in total. The van der Waals surface area contributed by atoms with Crippen LogP contribution in [0.15, 0.2) is 41.2 Å². The summed E-state index contributed by atoms with van der Waals surface area (Å²) in [6.45, 7) is 0. The number of aromatic hydroxyl groups is 1. The zero-order valence-corrected chi connectivity index (χ0v) is 23.3. The van der Waals surface area contributed by atoms with Gasteiger partial charge in [0.25, 0.3) is 5.91 Å². The van der Waals surface area contributed by atoms with Gasteiger partial charge in [-0.05, 0) is 48.6 Å². The van der Waals surface area contributed by atoms with E-state index in [0.717, 1.165) is 18.2 Å². The van der Waals surface area contributed by atoms with Crippen LogP contribution in [-0.4, -0.2) is 74.0 Å². The van der Waals surface area contributed by atoms with Crippen LogP contribution in [0.4, 0.5) is 31.9 Å². The van der Waals surface area contributed by atoms with Gasteiger partial charge in [0.05, 0.1) is 11.3 Å². The number of primary amides is 1. The number of aliphatic hydroxyl groups excluding tert-OH is 2. The highest BCUT2D eigenvalue weighted by molar-refractivity contribution is 6.23. The molecule has 0 spiro atoms. The molecule has 1 fully saturated rings. The molecule has 3 aliphatic rings. The second-order valence-corrected chi connectivity index (χ2v) is 11.0. The Labute approximate surface area is 247 Å². The minimum atomic E-state index is -2.72. The van der Waals surface area contributed by atoms with E-state index >= 15 is 0 Å². The van der Waals surface area contributed by atoms with Crippen molar-refractivity contribution in [1.82, 2.24) is 0 Å². The lowest BCUT2D eigenvalue weighted by molar-refractivity contribution is -0.147. The maximum absolute atomic E-state index is 13.8. The van der Waals surface area contributed by atoms with Gasteiger partial charge in [-0.15, -0.1) is 5.23 Å². The zero-order chi connectivity index (χ0) is 32.4. The monoisotopic (exact) mass is 613 g/mol. The minimum Gasteiger partial charge on any atom is -0.508 e. The number of anilines is 4. The number of carbonyl (C=O) groups excluding carboxylic acids is 4. The molecule has 2 aromatic rings. The molecule has 16 heteroatoms. The minimum absolute atomic E-state index is 0.0439. The number of urea groups is 1. The molecule has 3 aliphatic carbocycles. The van der Waals surface area contributed by atoms with Crippen LogP contribution >= 0.6 is 0 Å². The van der Waals surface area contributed by atoms with Crippen LogP contribution in [0.1, 0.15) is 24.0 Å². The van der Waals surface area contributed by atoms with E-state index in [1.807, 2.05) is 0 Å². The summed E-state index contributed by atoms with van der Waals surface area (Å²) in [6, 6.07) is 3.37. The molecule has 44 heavy (non-hydrogen) atoms. The third kappa shape index (κ3) is 4.55. The van der Waals surface area contributed by atoms with Crippen LogP contribution in [0, 0.1) is 17.7 Å². The van der Waals surface area contributed by atoms with Crippen LogP contribution in [0.3, 0.4) is 0 Å². The van der Waals surface area contributed by atoms with E-state index in [9.17, 15) is 44.0 Å². The lowest BCUT2D eigenvalue weighted by Gasteiger charge is -2.46. The number of fused-ring (bicyclic) bond motifs is 3. The molecule has 0 saturated heterocycles. The highest BCUT2D eigenvalue weighted by Gasteiger charge is 2.60. The molecule has 10 N–H and O–H groups in total. The number of phenols is 1. The van der Waals surface area contributed by atoms with E-state index < -0.39 is 86.9 Å². The zero-order valence-electron chi connectivity index (χ0n) is 23.3. The third-order valence-electron chi connectivity index (χ3n) is 8.19. The number of Topliss-reactive ketones (excluding diaryl/α,β-unsaturated/α-hetero) is 2. The Hall–Kier alpha value is -5.19. The Morgan fingerprint density at radius 1 is 1.05 bits per heavy atom. The number of carbonyl (C=O) groups is 4. The van der Waals surface area contributed by atoms with Gasteiger partial charge >= 0.3 is 6.03 Å². The molecule has 0 radical (unpaired) electrons. The predicted molar refractivity (Wildman–Crippen MR) is 151 cm³/mol. The van der Waals surface area contributed by atoms with Crippen LogP contribution in [0.25, 0.3) is 5.76 Å². The van der Waals surface area contributed by atoms with Crippen molar-refractivity contribution in [2.75, 3.05) is 34.9 Å². The van der Waals surface area contributed by atoms with E-state index in [-0.39, 0.29) is 35.4 Å². The highest BCUT2D eigenvalue weighted by Crippen LogP contribution is 2.54. The summed E-state index contributed by atoms with van der Waals surface area (Å²) in [4.78, 5) is 52.6. The number of aliphatic hydroxyl groups is 3. The first-order valence-corrected chi connectivity index (χ1v) is 13.2. The van der Waals surface area contributed by atoms with E-state index in [2.05, 4.69) is 10.6 Å². The average molecular weight is 614 g/mol. The summed E-state index contributed by atoms with van der Waals surface area (Å²) in [6.07, 6.45) is -0.438. The predicted octanol–water partition coefficient (Wildman–Crippen LogP) is 1.86. The number of hydrogen-bond acceptors (Lipinski definition) is 12. The number of nitrogens with two attached hydrogens (primary N) is 1. The molecule has 5 rings (SSSR count). The second kappa shape index (κ2) is 10.5. The molecule has 1 saturated carbocycles. The molecule has 0 heterocycles. The van der Waals surface area contributed by atoms with Crippen molar-refractivity contribution in [2.24, 2.45) is 17.6 Å². The number of benzene rings is 2. The molecule has 2 aromatic carbocycles. The lowest BCUT2D eigenvalue weighted by atomic mass is 9.59. The molecule has 3 amide bonds. The van der Waals surface area contributed by atoms with Gasteiger partial charge < -0.3 is 41.7 Å². The average Bonchev–Trinajstić information content (AvgIpc) is 2.92. The smallest absolute Gasteiger partial charge is 0.323 e. The number of nitrogens with one attached hydrogen (secondary N) is 2. The van der Waals surface area contributed by atoms with E-state index in [4.69, 9.17) is 16.1 Å².